The molecular weight excluding hydrogens is 368 g/mol. The van der Waals surface area contributed by atoms with Crippen LogP contribution in [0.2, 0.25) is 0 Å². The van der Waals surface area contributed by atoms with Gasteiger partial charge in [-0.15, -0.1) is 0 Å². The monoisotopic (exact) mass is 390 g/mol. The van der Waals surface area contributed by atoms with Crippen molar-refractivity contribution in [2.45, 2.75) is 31.8 Å². The molecule has 0 aliphatic carbocycles. The van der Waals surface area contributed by atoms with Gasteiger partial charge in [-0.1, -0.05) is 36.4 Å². The van der Waals surface area contributed by atoms with Crippen LogP contribution in [0.15, 0.2) is 54.7 Å². The topological polar surface area (TPSA) is 77.9 Å². The molecule has 6 heteroatoms. The van der Waals surface area contributed by atoms with Crippen LogP contribution >= 0.6 is 0 Å². The molecule has 6 nitrogen and oxygen atoms in total. The van der Waals surface area contributed by atoms with Gasteiger partial charge in [-0.25, -0.2) is 0 Å². The molecule has 0 saturated heterocycles. The minimum atomic E-state index is -0.936. The number of rotatable bonds is 5. The minimum Gasteiger partial charge on any atom is -0.396 e. The molecule has 0 spiro atoms. The van der Waals surface area contributed by atoms with Crippen LogP contribution in [0.5, 0.6) is 0 Å². The average Bonchev–Trinajstić information content (AvgIpc) is 3.01. The Morgan fingerprint density at radius 2 is 1.66 bits per heavy atom. The zero-order valence-corrected chi connectivity index (χ0v) is 16.1. The molecule has 2 aliphatic heterocycles. The number of fused-ring (bicyclic) bond motifs is 2. The molecule has 0 aromatic heterocycles. The van der Waals surface area contributed by atoms with Gasteiger partial charge in [0.15, 0.2) is 0 Å². The van der Waals surface area contributed by atoms with Gasteiger partial charge in [0.1, 0.15) is 6.04 Å². The highest BCUT2D eigenvalue weighted by Crippen LogP contribution is 2.35. The Bertz CT molecular complexity index is 978. The van der Waals surface area contributed by atoms with Crippen LogP contribution in [0, 0.1) is 0 Å². The third-order valence-electron chi connectivity index (χ3n) is 5.57. The molecule has 0 unspecified atom stereocenters. The van der Waals surface area contributed by atoms with Crippen LogP contribution in [0.4, 0.5) is 0 Å². The number of hydrogen-bond acceptors (Lipinski definition) is 4. The summed E-state index contributed by atoms with van der Waals surface area (Å²) >= 11 is 0. The van der Waals surface area contributed by atoms with E-state index in [0.29, 0.717) is 24.0 Å². The normalized spacial score (nSPS) is 18.6. The molecule has 2 atom stereocenters. The van der Waals surface area contributed by atoms with Crippen molar-refractivity contribution in [1.29, 1.82) is 0 Å². The number of amides is 3. The Labute approximate surface area is 169 Å². The van der Waals surface area contributed by atoms with Crippen molar-refractivity contribution in [1.82, 2.24) is 9.80 Å². The molecule has 148 valence electrons. The van der Waals surface area contributed by atoms with Crippen molar-refractivity contribution in [3.8, 4) is 0 Å². The first-order valence-electron chi connectivity index (χ1n) is 9.71. The summed E-state index contributed by atoms with van der Waals surface area (Å²) in [5.74, 6) is -1.22. The summed E-state index contributed by atoms with van der Waals surface area (Å²) in [5.41, 5.74) is 2.67. The van der Waals surface area contributed by atoms with E-state index in [0.717, 1.165) is 16.0 Å². The Morgan fingerprint density at radius 1 is 1.03 bits per heavy atom. The van der Waals surface area contributed by atoms with Crippen LogP contribution in [-0.2, 0) is 4.79 Å². The molecule has 29 heavy (non-hydrogen) atoms. The fourth-order valence-electron chi connectivity index (χ4n) is 4.07. The van der Waals surface area contributed by atoms with Crippen LogP contribution in [0.3, 0.4) is 0 Å². The Morgan fingerprint density at radius 3 is 2.31 bits per heavy atom. The van der Waals surface area contributed by atoms with E-state index >= 15 is 0 Å². The molecule has 1 N–H and O–H groups in total. The van der Waals surface area contributed by atoms with E-state index in [1.165, 1.54) is 0 Å². The summed E-state index contributed by atoms with van der Waals surface area (Å²) < 4.78 is 0. The van der Waals surface area contributed by atoms with E-state index in [4.69, 9.17) is 0 Å². The lowest BCUT2D eigenvalue weighted by Gasteiger charge is -2.36. The second-order valence-corrected chi connectivity index (χ2v) is 7.27. The van der Waals surface area contributed by atoms with E-state index in [9.17, 15) is 19.5 Å². The highest BCUT2D eigenvalue weighted by molar-refractivity contribution is 6.22. The maximum absolute atomic E-state index is 13.4. The molecule has 0 bridgehead atoms. The fraction of sp³-hybridized carbons (Fsp3) is 0.261. The van der Waals surface area contributed by atoms with Crippen LogP contribution in [-0.4, -0.2) is 45.3 Å². The number of hydrogen-bond donors (Lipinski definition) is 1. The molecule has 0 saturated carbocycles. The summed E-state index contributed by atoms with van der Waals surface area (Å²) in [6, 6.07) is 13.2. The van der Waals surface area contributed by atoms with Gasteiger partial charge < -0.3 is 10.0 Å². The minimum absolute atomic E-state index is 0.0262. The summed E-state index contributed by atoms with van der Waals surface area (Å²) in [6.45, 7) is 1.61. The van der Waals surface area contributed by atoms with E-state index in [2.05, 4.69) is 0 Å². The van der Waals surface area contributed by atoms with Gasteiger partial charge >= 0.3 is 0 Å². The second-order valence-electron chi connectivity index (χ2n) is 7.27. The van der Waals surface area contributed by atoms with Gasteiger partial charge in [-0.3, -0.25) is 19.3 Å². The maximum atomic E-state index is 13.4. The standard InChI is InChI=1S/C23H22N2O4/c1-15(25-22(28)18-9-4-5-10-19(18)23(25)29)21(27)24-13-12-16-7-2-3-8-17(16)20(24)11-6-14-26/h2-5,7-10,12-13,15,20,26H,6,11,14H2,1H3/t15-,20+/m0/s1. The second kappa shape index (κ2) is 7.64. The maximum Gasteiger partial charge on any atom is 0.262 e. The first kappa shape index (κ1) is 19.1. The number of nitrogens with zero attached hydrogens (tertiary/aromatic N) is 2. The first-order chi connectivity index (χ1) is 14.0. The van der Waals surface area contributed by atoms with E-state index < -0.39 is 17.9 Å². The van der Waals surface area contributed by atoms with E-state index in [1.807, 2.05) is 30.3 Å². The van der Waals surface area contributed by atoms with Crippen LogP contribution in [0.1, 0.15) is 57.7 Å². The Balaban J connectivity index is 1.63. The van der Waals surface area contributed by atoms with Crippen molar-refractivity contribution < 1.29 is 19.5 Å². The smallest absolute Gasteiger partial charge is 0.262 e. The summed E-state index contributed by atoms with van der Waals surface area (Å²) in [6.07, 6.45) is 4.69. The number of imide groups is 1. The fourth-order valence-corrected chi connectivity index (χ4v) is 4.07. The number of aliphatic hydroxyl groups is 1. The number of carbonyl (C=O) groups is 3. The molecule has 2 aromatic rings. The highest BCUT2D eigenvalue weighted by Gasteiger charge is 2.42. The van der Waals surface area contributed by atoms with Gasteiger partial charge in [0.25, 0.3) is 11.8 Å². The number of benzene rings is 2. The zero-order chi connectivity index (χ0) is 20.5. The van der Waals surface area contributed by atoms with Gasteiger partial charge in [0.05, 0.1) is 17.2 Å². The molecular formula is C23H22N2O4. The lowest BCUT2D eigenvalue weighted by Crippen LogP contribution is -2.49. The quantitative estimate of drug-likeness (QED) is 0.796. The van der Waals surface area contributed by atoms with Crippen LogP contribution < -0.4 is 0 Å². The number of carbonyl (C=O) groups excluding carboxylic acids is 3. The molecule has 2 heterocycles. The van der Waals surface area contributed by atoms with Crippen molar-refractivity contribution in [2.75, 3.05) is 6.61 Å². The molecule has 3 amide bonds. The molecule has 2 aromatic carbocycles. The summed E-state index contributed by atoms with van der Waals surface area (Å²) in [7, 11) is 0. The summed E-state index contributed by atoms with van der Waals surface area (Å²) in [5, 5.41) is 9.30. The molecule has 4 rings (SSSR count). The SMILES string of the molecule is C[C@@H](C(=O)N1C=Cc2ccccc2[C@H]1CCCO)N1C(=O)c2ccccc2C1=O. The van der Waals surface area contributed by atoms with Crippen molar-refractivity contribution >= 4 is 23.8 Å². The Hall–Kier alpha value is -3.25. The largest absolute Gasteiger partial charge is 0.396 e. The van der Waals surface area contributed by atoms with Crippen molar-refractivity contribution in [2.24, 2.45) is 0 Å². The average molecular weight is 390 g/mol. The van der Waals surface area contributed by atoms with E-state index in [-0.39, 0.29) is 18.6 Å². The molecule has 0 radical (unpaired) electrons. The third kappa shape index (κ3) is 3.15. The van der Waals surface area contributed by atoms with Crippen molar-refractivity contribution in [3.05, 3.63) is 77.0 Å². The Kier molecular flexibility index (Phi) is 5.03. The highest BCUT2D eigenvalue weighted by atomic mass is 16.3. The lowest BCUT2D eigenvalue weighted by atomic mass is 9.92. The van der Waals surface area contributed by atoms with Crippen LogP contribution in [0.25, 0.3) is 6.08 Å². The van der Waals surface area contributed by atoms with Gasteiger partial charge in [0.2, 0.25) is 5.91 Å². The predicted molar refractivity (Wildman–Crippen MR) is 108 cm³/mol. The molecule has 0 fully saturated rings. The van der Waals surface area contributed by atoms with Gasteiger partial charge in [0, 0.05) is 12.8 Å². The predicted octanol–water partition coefficient (Wildman–Crippen LogP) is 3.00. The first-order valence-corrected chi connectivity index (χ1v) is 9.71. The molecule has 2 aliphatic rings. The van der Waals surface area contributed by atoms with Gasteiger partial charge in [-0.2, -0.15) is 0 Å². The number of aliphatic hydroxyl groups excluding tert-OH is 1. The van der Waals surface area contributed by atoms with Gasteiger partial charge in [-0.05, 0) is 49.1 Å². The third-order valence-corrected chi connectivity index (χ3v) is 5.57. The lowest BCUT2D eigenvalue weighted by molar-refractivity contribution is -0.134. The van der Waals surface area contributed by atoms with E-state index in [1.54, 1.807) is 42.3 Å². The zero-order valence-electron chi connectivity index (χ0n) is 16.1. The van der Waals surface area contributed by atoms with Crippen molar-refractivity contribution in [3.63, 3.8) is 0 Å². The summed E-state index contributed by atoms with van der Waals surface area (Å²) in [4.78, 5) is 41.6.